The van der Waals surface area contributed by atoms with Gasteiger partial charge in [0.2, 0.25) is 0 Å². The van der Waals surface area contributed by atoms with E-state index >= 15 is 0 Å². The number of imidazole rings is 1. The van der Waals surface area contributed by atoms with E-state index in [0.717, 1.165) is 50.1 Å². The molecule has 0 aliphatic rings. The fraction of sp³-hybridized carbons (Fsp3) is 0.184. The average Bonchev–Trinajstić information content (AvgIpc) is 3.64. The van der Waals surface area contributed by atoms with Crippen LogP contribution in [-0.4, -0.2) is 40.1 Å². The molecule has 8 rings (SSSR count). The van der Waals surface area contributed by atoms with Crippen molar-refractivity contribution in [2.24, 2.45) is 0 Å². The van der Waals surface area contributed by atoms with Gasteiger partial charge in [0.25, 0.3) is 0 Å². The molecule has 0 aliphatic heterocycles. The third-order valence-corrected chi connectivity index (χ3v) is 18.4. The molecule has 0 saturated heterocycles. The number of benzene rings is 3. The van der Waals surface area contributed by atoms with Crippen LogP contribution in [0.2, 0.25) is 39.3 Å². The van der Waals surface area contributed by atoms with E-state index in [1.807, 2.05) is 42.9 Å². The van der Waals surface area contributed by atoms with Crippen molar-refractivity contribution in [3.63, 3.8) is 0 Å². The molecule has 0 aliphatic carbocycles. The maximum atomic E-state index is 6.59. The number of aromatic nitrogens is 5. The Morgan fingerprint density at radius 2 is 1.39 bits per heavy atom. The highest BCUT2D eigenvalue weighted by Gasteiger charge is 2.40. The quantitative estimate of drug-likeness (QED) is 0.135. The SMILES string of the molecule is C[Si](C)(C)C(c1cccc2c1c1ncc(Oc3ccc4c5ccccc5n(-c5ccccn5)c4c3)cc1c1nccn21)[Si](C)(C)C. The lowest BCUT2D eigenvalue weighted by molar-refractivity contribution is 0.482. The molecule has 8 aromatic rings. The summed E-state index contributed by atoms with van der Waals surface area (Å²) in [6.07, 6.45) is 7.65. The highest BCUT2D eigenvalue weighted by atomic mass is 28.4. The highest BCUT2D eigenvalue weighted by molar-refractivity contribution is 6.96. The van der Waals surface area contributed by atoms with Crippen molar-refractivity contribution in [2.45, 2.75) is 44.4 Å². The third kappa shape index (κ3) is 4.54. The Labute approximate surface area is 270 Å². The van der Waals surface area contributed by atoms with Crippen molar-refractivity contribution in [1.82, 2.24) is 23.9 Å². The van der Waals surface area contributed by atoms with Crippen molar-refractivity contribution in [2.75, 3.05) is 0 Å². The third-order valence-electron chi connectivity index (χ3n) is 9.12. The number of fused-ring (bicyclic) bond motifs is 9. The summed E-state index contributed by atoms with van der Waals surface area (Å²) in [6, 6.07) is 29.6. The molecule has 0 bridgehead atoms. The normalized spacial score (nSPS) is 12.8. The van der Waals surface area contributed by atoms with Crippen LogP contribution in [0.1, 0.15) is 10.7 Å². The van der Waals surface area contributed by atoms with E-state index in [9.17, 15) is 0 Å². The minimum atomic E-state index is -1.57. The van der Waals surface area contributed by atoms with Gasteiger partial charge in [-0.1, -0.05) is 75.7 Å². The standard InChI is InChI=1S/C38H37N5OSi2/c1-45(2,3)38(46(4,5)6)29-13-11-15-32-35(29)36-30(37-40-20-21-42(32)37)22-26(24-41-36)44-25-17-18-28-27-12-7-8-14-31(27)43(33(28)23-25)34-16-9-10-19-39-34/h7-24,38H,1-6H3. The number of para-hydroxylation sites is 1. The second-order valence-electron chi connectivity index (χ2n) is 14.4. The van der Waals surface area contributed by atoms with Gasteiger partial charge in [0, 0.05) is 62.3 Å². The molecule has 5 aromatic heterocycles. The number of hydrogen-bond donors (Lipinski definition) is 0. The van der Waals surface area contributed by atoms with Crippen LogP contribution in [0.25, 0.3) is 55.1 Å². The lowest BCUT2D eigenvalue weighted by Crippen LogP contribution is -2.46. The van der Waals surface area contributed by atoms with E-state index in [2.05, 4.69) is 120 Å². The largest absolute Gasteiger partial charge is 0.456 e. The summed E-state index contributed by atoms with van der Waals surface area (Å²) in [6.45, 7) is 15.1. The van der Waals surface area contributed by atoms with E-state index < -0.39 is 16.1 Å². The van der Waals surface area contributed by atoms with Gasteiger partial charge in [-0.15, -0.1) is 0 Å². The molecule has 46 heavy (non-hydrogen) atoms. The molecule has 0 amide bonds. The van der Waals surface area contributed by atoms with Gasteiger partial charge in [-0.2, -0.15) is 0 Å². The summed E-state index contributed by atoms with van der Waals surface area (Å²) in [5.41, 5.74) is 6.63. The van der Waals surface area contributed by atoms with Crippen LogP contribution in [0.4, 0.5) is 0 Å². The first-order chi connectivity index (χ1) is 22.1. The van der Waals surface area contributed by atoms with Gasteiger partial charge in [-0.3, -0.25) is 14.0 Å². The molecule has 0 N–H and O–H groups in total. The minimum Gasteiger partial charge on any atom is -0.456 e. The maximum Gasteiger partial charge on any atom is 0.146 e. The minimum absolute atomic E-state index is 0.572. The summed E-state index contributed by atoms with van der Waals surface area (Å²) in [4.78, 5) is 14.6. The molecule has 228 valence electrons. The van der Waals surface area contributed by atoms with E-state index in [0.29, 0.717) is 10.9 Å². The zero-order valence-electron chi connectivity index (χ0n) is 27.1. The van der Waals surface area contributed by atoms with Crippen molar-refractivity contribution in [3.05, 3.63) is 115 Å². The van der Waals surface area contributed by atoms with Gasteiger partial charge in [0.05, 0.1) is 28.3 Å². The van der Waals surface area contributed by atoms with Gasteiger partial charge < -0.3 is 4.74 Å². The summed E-state index contributed by atoms with van der Waals surface area (Å²) in [5.74, 6) is 2.30. The Balaban J connectivity index is 1.31. The van der Waals surface area contributed by atoms with Gasteiger partial charge in [-0.05, 0) is 53.2 Å². The van der Waals surface area contributed by atoms with Crippen LogP contribution >= 0.6 is 0 Å². The number of rotatable bonds is 6. The van der Waals surface area contributed by atoms with Crippen molar-refractivity contribution in [3.8, 4) is 17.3 Å². The summed E-state index contributed by atoms with van der Waals surface area (Å²) in [5, 5.41) is 5.15. The molecule has 0 atom stereocenters. The molecule has 0 fully saturated rings. The molecule has 0 radical (unpaired) electrons. The zero-order valence-corrected chi connectivity index (χ0v) is 29.1. The Morgan fingerprint density at radius 1 is 0.630 bits per heavy atom. The van der Waals surface area contributed by atoms with Crippen LogP contribution in [0.3, 0.4) is 0 Å². The molecule has 8 heteroatoms. The monoisotopic (exact) mass is 635 g/mol. The molecule has 0 unspecified atom stereocenters. The second kappa shape index (κ2) is 10.4. The fourth-order valence-corrected chi connectivity index (χ4v) is 20.7. The molecule has 6 nitrogen and oxygen atoms in total. The van der Waals surface area contributed by atoms with Gasteiger partial charge in [0.1, 0.15) is 23.0 Å². The van der Waals surface area contributed by atoms with Crippen molar-refractivity contribution < 1.29 is 4.74 Å². The lowest BCUT2D eigenvalue weighted by Gasteiger charge is -2.39. The van der Waals surface area contributed by atoms with Crippen LogP contribution in [0.5, 0.6) is 11.5 Å². The predicted molar refractivity (Wildman–Crippen MR) is 196 cm³/mol. The number of hydrogen-bond acceptors (Lipinski definition) is 4. The fourth-order valence-electron chi connectivity index (χ4n) is 7.94. The molecule has 3 aromatic carbocycles. The Kier molecular flexibility index (Phi) is 6.46. The molecule has 0 spiro atoms. The van der Waals surface area contributed by atoms with Crippen molar-refractivity contribution in [1.29, 1.82) is 0 Å². The molecule has 0 saturated carbocycles. The van der Waals surface area contributed by atoms with E-state index in [1.54, 1.807) is 0 Å². The first-order valence-corrected chi connectivity index (χ1v) is 23.0. The molecular formula is C38H37N5OSi2. The number of pyridine rings is 3. The maximum absolute atomic E-state index is 6.59. The zero-order chi connectivity index (χ0) is 31.8. The second-order valence-corrected chi connectivity index (χ2v) is 25.6. The predicted octanol–water partition coefficient (Wildman–Crippen LogP) is 10.2. The van der Waals surface area contributed by atoms with E-state index in [4.69, 9.17) is 14.7 Å². The summed E-state index contributed by atoms with van der Waals surface area (Å²) in [7, 11) is -3.13. The Morgan fingerprint density at radius 3 is 2.17 bits per heavy atom. The summed E-state index contributed by atoms with van der Waals surface area (Å²) < 4.78 is 11.0. The van der Waals surface area contributed by atoms with Crippen LogP contribution in [0.15, 0.2) is 110 Å². The van der Waals surface area contributed by atoms with Crippen LogP contribution < -0.4 is 4.74 Å². The average molecular weight is 636 g/mol. The van der Waals surface area contributed by atoms with Crippen molar-refractivity contribution >= 4 is 65.4 Å². The smallest absolute Gasteiger partial charge is 0.146 e. The van der Waals surface area contributed by atoms with Gasteiger partial charge in [0.15, 0.2) is 0 Å². The Bertz CT molecular complexity index is 2420. The van der Waals surface area contributed by atoms with Gasteiger partial charge >= 0.3 is 0 Å². The van der Waals surface area contributed by atoms with E-state index in [1.165, 1.54) is 16.3 Å². The summed E-state index contributed by atoms with van der Waals surface area (Å²) >= 11 is 0. The van der Waals surface area contributed by atoms with Crippen LogP contribution in [0, 0.1) is 0 Å². The topological polar surface area (TPSA) is 57.2 Å². The first kappa shape index (κ1) is 28.7. The Hall–Kier alpha value is -4.80. The molecular weight excluding hydrogens is 599 g/mol. The number of ether oxygens (including phenoxy) is 1. The van der Waals surface area contributed by atoms with E-state index in [-0.39, 0.29) is 0 Å². The number of nitrogens with zero attached hydrogens (tertiary/aromatic N) is 5. The highest BCUT2D eigenvalue weighted by Crippen LogP contribution is 2.42. The first-order valence-electron chi connectivity index (χ1n) is 15.9. The molecule has 5 heterocycles. The lowest BCUT2D eigenvalue weighted by atomic mass is 10.1. The van der Waals surface area contributed by atoms with Crippen LogP contribution in [-0.2, 0) is 0 Å². The van der Waals surface area contributed by atoms with Gasteiger partial charge in [-0.25, -0.2) is 9.97 Å².